The third-order valence-electron chi connectivity index (χ3n) is 9.91. The van der Waals surface area contributed by atoms with Gasteiger partial charge in [0.05, 0.1) is 6.61 Å². The summed E-state index contributed by atoms with van der Waals surface area (Å²) in [7, 11) is 0. The van der Waals surface area contributed by atoms with E-state index in [1.165, 1.54) is 5.57 Å². The van der Waals surface area contributed by atoms with E-state index in [4.69, 9.17) is 23.7 Å². The summed E-state index contributed by atoms with van der Waals surface area (Å²) in [6, 6.07) is 0. The van der Waals surface area contributed by atoms with E-state index in [1.807, 2.05) is 6.92 Å². The standard InChI is InChI=1S/C26H34O6/c1-4-29-22-11-18-5-6-19-20(23(18,2)12-17(22)13-27)7-9-24(3)21(19)8-10-25(24)26(32-16-30-25)14-28-15-31-26/h5-6,11,13,19-21H,4,7-10,12,14-16H2,1-3H3/t19-,20+,21+,23+,24+,25-,26?/m1/s1. The zero-order chi connectivity index (χ0) is 22.2. The molecule has 174 valence electrons. The monoisotopic (exact) mass is 442 g/mol. The third kappa shape index (κ3) is 2.42. The van der Waals surface area contributed by atoms with Crippen molar-refractivity contribution in [3.05, 3.63) is 35.1 Å². The second-order valence-corrected chi connectivity index (χ2v) is 10.9. The Kier molecular flexibility index (Phi) is 4.62. The maximum absolute atomic E-state index is 11.9. The van der Waals surface area contributed by atoms with Crippen LogP contribution in [0.4, 0.5) is 0 Å². The number of fused-ring (bicyclic) bond motifs is 7. The van der Waals surface area contributed by atoms with E-state index in [-0.39, 0.29) is 24.4 Å². The molecule has 6 heteroatoms. The predicted molar refractivity (Wildman–Crippen MR) is 116 cm³/mol. The summed E-state index contributed by atoms with van der Waals surface area (Å²) < 4.78 is 30.1. The summed E-state index contributed by atoms with van der Waals surface area (Å²) in [5.74, 6) is 1.39. The molecule has 6 aliphatic rings. The minimum Gasteiger partial charge on any atom is -0.493 e. The molecular weight excluding hydrogens is 408 g/mol. The first-order valence-corrected chi connectivity index (χ1v) is 12.1. The highest BCUT2D eigenvalue weighted by Gasteiger charge is 2.75. The van der Waals surface area contributed by atoms with Gasteiger partial charge in [-0.2, -0.15) is 0 Å². The molecule has 2 spiro atoms. The lowest BCUT2D eigenvalue weighted by Crippen LogP contribution is -2.63. The lowest BCUT2D eigenvalue weighted by molar-refractivity contribution is -0.246. The van der Waals surface area contributed by atoms with Crippen molar-refractivity contribution in [1.82, 2.24) is 0 Å². The Labute approximate surface area is 189 Å². The first kappa shape index (κ1) is 21.1. The summed E-state index contributed by atoms with van der Waals surface area (Å²) in [5, 5.41) is 0. The zero-order valence-electron chi connectivity index (χ0n) is 19.4. The molecule has 6 rings (SSSR count). The lowest BCUT2D eigenvalue weighted by atomic mass is 9.47. The van der Waals surface area contributed by atoms with E-state index in [0.29, 0.717) is 31.0 Å². The predicted octanol–water partition coefficient (Wildman–Crippen LogP) is 4.27. The van der Waals surface area contributed by atoms with Crippen molar-refractivity contribution in [3.8, 4) is 0 Å². The molecule has 4 fully saturated rings. The van der Waals surface area contributed by atoms with Crippen LogP contribution in [0.2, 0.25) is 0 Å². The summed E-state index contributed by atoms with van der Waals surface area (Å²) in [6.07, 6.45) is 12.8. The molecule has 0 radical (unpaired) electrons. The number of aldehydes is 1. The molecule has 2 heterocycles. The van der Waals surface area contributed by atoms with Gasteiger partial charge >= 0.3 is 0 Å². The molecule has 2 saturated heterocycles. The molecule has 1 unspecified atom stereocenters. The topological polar surface area (TPSA) is 63.2 Å². The Balaban J connectivity index is 1.37. The quantitative estimate of drug-likeness (QED) is 0.609. The molecule has 2 aliphatic heterocycles. The molecule has 4 aliphatic carbocycles. The molecule has 0 aromatic carbocycles. The van der Waals surface area contributed by atoms with Gasteiger partial charge in [-0.05, 0) is 68.4 Å². The molecule has 6 nitrogen and oxygen atoms in total. The van der Waals surface area contributed by atoms with Gasteiger partial charge in [0.1, 0.15) is 24.3 Å². The molecule has 0 aromatic heterocycles. The maximum Gasteiger partial charge on any atom is 0.226 e. The summed E-state index contributed by atoms with van der Waals surface area (Å²) in [4.78, 5) is 11.9. The van der Waals surface area contributed by atoms with Gasteiger partial charge in [0.25, 0.3) is 0 Å². The molecule has 7 atom stereocenters. The van der Waals surface area contributed by atoms with Crippen molar-refractivity contribution < 1.29 is 28.5 Å². The first-order valence-electron chi connectivity index (χ1n) is 12.1. The highest BCUT2D eigenvalue weighted by molar-refractivity contribution is 5.76. The van der Waals surface area contributed by atoms with Crippen molar-refractivity contribution >= 4 is 6.29 Å². The van der Waals surface area contributed by atoms with E-state index in [2.05, 4.69) is 32.1 Å². The molecular formula is C26H34O6. The smallest absolute Gasteiger partial charge is 0.226 e. The number of hydrogen-bond donors (Lipinski definition) is 0. The van der Waals surface area contributed by atoms with Gasteiger partial charge < -0.3 is 23.7 Å². The van der Waals surface area contributed by atoms with E-state index >= 15 is 0 Å². The minimum absolute atomic E-state index is 0.0469. The molecule has 2 saturated carbocycles. The second-order valence-electron chi connectivity index (χ2n) is 10.9. The molecule has 32 heavy (non-hydrogen) atoms. The largest absolute Gasteiger partial charge is 0.493 e. The van der Waals surface area contributed by atoms with Gasteiger partial charge in [0.2, 0.25) is 5.79 Å². The fourth-order valence-corrected chi connectivity index (χ4v) is 8.36. The van der Waals surface area contributed by atoms with Crippen molar-refractivity contribution in [2.75, 3.05) is 26.8 Å². The normalized spacial score (nSPS) is 49.2. The minimum atomic E-state index is -0.776. The number of carbonyl (C=O) groups is 1. The van der Waals surface area contributed by atoms with Crippen LogP contribution in [0.5, 0.6) is 0 Å². The van der Waals surface area contributed by atoms with Crippen LogP contribution < -0.4 is 0 Å². The summed E-state index contributed by atoms with van der Waals surface area (Å²) in [6.45, 7) is 8.27. The Morgan fingerprint density at radius 2 is 1.94 bits per heavy atom. The fourth-order valence-electron chi connectivity index (χ4n) is 8.36. The van der Waals surface area contributed by atoms with E-state index in [0.717, 1.165) is 49.7 Å². The van der Waals surface area contributed by atoms with Crippen LogP contribution in [-0.2, 0) is 28.5 Å². The Hall–Kier alpha value is -1.47. The third-order valence-corrected chi connectivity index (χ3v) is 9.91. The lowest BCUT2D eigenvalue weighted by Gasteiger charge is -2.58. The SMILES string of the molecule is CCOC1=C(C=O)C[C@@]2(C)C(=C1)C=C[C@@H]1[C@@H]2CC[C@@]2(C)[C@H]1CC[C@@]21OCOC12COCO2. The van der Waals surface area contributed by atoms with Crippen LogP contribution in [-0.4, -0.2) is 44.5 Å². The Morgan fingerprint density at radius 1 is 1.12 bits per heavy atom. The number of carbonyl (C=O) groups excluding carboxylic acids is 1. The molecule has 0 aromatic rings. The van der Waals surface area contributed by atoms with Gasteiger partial charge in [-0.25, -0.2) is 0 Å². The van der Waals surface area contributed by atoms with Crippen LogP contribution >= 0.6 is 0 Å². The van der Waals surface area contributed by atoms with Crippen molar-refractivity contribution in [2.24, 2.45) is 28.6 Å². The van der Waals surface area contributed by atoms with Gasteiger partial charge in [-0.3, -0.25) is 4.79 Å². The number of hydrogen-bond acceptors (Lipinski definition) is 6. The zero-order valence-corrected chi connectivity index (χ0v) is 19.4. The van der Waals surface area contributed by atoms with Crippen LogP contribution in [0.3, 0.4) is 0 Å². The van der Waals surface area contributed by atoms with Gasteiger partial charge in [0, 0.05) is 16.4 Å². The van der Waals surface area contributed by atoms with Crippen molar-refractivity contribution in [1.29, 1.82) is 0 Å². The Morgan fingerprint density at radius 3 is 2.69 bits per heavy atom. The van der Waals surface area contributed by atoms with Crippen LogP contribution in [0.1, 0.15) is 52.9 Å². The van der Waals surface area contributed by atoms with Gasteiger partial charge in [-0.15, -0.1) is 0 Å². The first-order chi connectivity index (χ1) is 15.4. The summed E-state index contributed by atoms with van der Waals surface area (Å²) in [5.41, 5.74) is 1.54. The average molecular weight is 443 g/mol. The number of ether oxygens (including phenoxy) is 5. The highest BCUT2D eigenvalue weighted by atomic mass is 16.9. The Bertz CT molecular complexity index is 908. The van der Waals surface area contributed by atoms with Gasteiger partial charge in [-0.1, -0.05) is 26.0 Å². The average Bonchev–Trinajstić information content (AvgIpc) is 3.48. The summed E-state index contributed by atoms with van der Waals surface area (Å²) >= 11 is 0. The van der Waals surface area contributed by atoms with Crippen LogP contribution in [0, 0.1) is 28.6 Å². The van der Waals surface area contributed by atoms with Crippen molar-refractivity contribution in [2.45, 2.75) is 64.3 Å². The highest BCUT2D eigenvalue weighted by Crippen LogP contribution is 2.70. The van der Waals surface area contributed by atoms with E-state index in [9.17, 15) is 4.79 Å². The van der Waals surface area contributed by atoms with E-state index < -0.39 is 11.4 Å². The van der Waals surface area contributed by atoms with Crippen LogP contribution in [0.15, 0.2) is 35.1 Å². The van der Waals surface area contributed by atoms with Crippen molar-refractivity contribution in [3.63, 3.8) is 0 Å². The van der Waals surface area contributed by atoms with E-state index in [1.54, 1.807) is 0 Å². The second kappa shape index (κ2) is 7.02. The number of rotatable bonds is 3. The molecule has 0 amide bonds. The number of allylic oxidation sites excluding steroid dienone is 5. The van der Waals surface area contributed by atoms with Crippen LogP contribution in [0.25, 0.3) is 0 Å². The molecule has 0 bridgehead atoms. The molecule has 0 N–H and O–H groups in total. The van der Waals surface area contributed by atoms with Gasteiger partial charge in [0.15, 0.2) is 13.6 Å². The fraction of sp³-hybridized carbons (Fsp3) is 0.731. The maximum atomic E-state index is 11.9.